The van der Waals surface area contributed by atoms with E-state index < -0.39 is 0 Å². The second kappa shape index (κ2) is 4.87. The first-order valence-corrected chi connectivity index (χ1v) is 6.24. The molecule has 1 unspecified atom stereocenters. The Kier molecular flexibility index (Phi) is 3.69. The predicted octanol–water partition coefficient (Wildman–Crippen LogP) is 2.51. The fourth-order valence-electron chi connectivity index (χ4n) is 2.22. The van der Waals surface area contributed by atoms with Gasteiger partial charge in [-0.3, -0.25) is 5.84 Å². The Morgan fingerprint density at radius 3 is 2.81 bits per heavy atom. The van der Waals surface area contributed by atoms with Crippen molar-refractivity contribution in [3.63, 3.8) is 0 Å². The van der Waals surface area contributed by atoms with Crippen molar-refractivity contribution in [3.8, 4) is 0 Å². The van der Waals surface area contributed by atoms with E-state index in [2.05, 4.69) is 21.4 Å². The molecule has 3 N–H and O–H groups in total. The molecular formula is C11H17BrN2O2. The molecule has 0 radical (unpaired) electrons. The van der Waals surface area contributed by atoms with Crippen LogP contribution in [0.1, 0.15) is 37.5 Å². The summed E-state index contributed by atoms with van der Waals surface area (Å²) >= 11 is 3.45. The summed E-state index contributed by atoms with van der Waals surface area (Å²) in [4.78, 5) is 0. The van der Waals surface area contributed by atoms with Gasteiger partial charge in [-0.1, -0.05) is 0 Å². The summed E-state index contributed by atoms with van der Waals surface area (Å²) < 4.78 is 12.0. The van der Waals surface area contributed by atoms with Gasteiger partial charge in [-0.25, -0.2) is 5.43 Å². The summed E-state index contributed by atoms with van der Waals surface area (Å²) in [5, 5.41) is 0. The SMILES string of the molecule is COC1(CC(NN)c2occc2Br)CCC1. The Morgan fingerprint density at radius 1 is 1.69 bits per heavy atom. The number of furan rings is 1. The topological polar surface area (TPSA) is 60.4 Å². The van der Waals surface area contributed by atoms with Crippen LogP contribution in [-0.2, 0) is 4.74 Å². The lowest BCUT2D eigenvalue weighted by Crippen LogP contribution is -2.44. The van der Waals surface area contributed by atoms with Crippen molar-refractivity contribution < 1.29 is 9.15 Å². The van der Waals surface area contributed by atoms with Crippen LogP contribution in [0.25, 0.3) is 0 Å². The highest BCUT2D eigenvalue weighted by Gasteiger charge is 2.40. The number of ether oxygens (including phenoxy) is 1. The van der Waals surface area contributed by atoms with Gasteiger partial charge < -0.3 is 9.15 Å². The van der Waals surface area contributed by atoms with Crippen molar-refractivity contribution in [2.75, 3.05) is 7.11 Å². The van der Waals surface area contributed by atoms with Crippen LogP contribution >= 0.6 is 15.9 Å². The number of hydrogen-bond donors (Lipinski definition) is 2. The molecule has 1 atom stereocenters. The summed E-state index contributed by atoms with van der Waals surface area (Å²) in [6, 6.07) is 1.87. The Bertz CT molecular complexity index is 344. The van der Waals surface area contributed by atoms with Crippen LogP contribution in [0.2, 0.25) is 0 Å². The number of nitrogens with one attached hydrogen (secondary N) is 1. The molecule has 0 amide bonds. The zero-order chi connectivity index (χ0) is 11.6. The summed E-state index contributed by atoms with van der Waals surface area (Å²) in [5.41, 5.74) is 2.78. The van der Waals surface area contributed by atoms with Gasteiger partial charge in [0.15, 0.2) is 0 Å². The maximum absolute atomic E-state index is 5.59. The minimum Gasteiger partial charge on any atom is -0.466 e. The molecule has 1 aliphatic rings. The molecule has 0 bridgehead atoms. The summed E-state index contributed by atoms with van der Waals surface area (Å²) in [5.74, 6) is 6.43. The molecule has 0 spiro atoms. The lowest BCUT2D eigenvalue weighted by atomic mass is 9.75. The number of nitrogens with two attached hydrogens (primary N) is 1. The number of hydrazine groups is 1. The molecule has 90 valence electrons. The lowest BCUT2D eigenvalue weighted by Gasteiger charge is -2.42. The Balaban J connectivity index is 2.09. The fourth-order valence-corrected chi connectivity index (χ4v) is 2.69. The maximum Gasteiger partial charge on any atom is 0.136 e. The lowest BCUT2D eigenvalue weighted by molar-refractivity contribution is -0.0850. The highest BCUT2D eigenvalue weighted by molar-refractivity contribution is 9.10. The van der Waals surface area contributed by atoms with Crippen molar-refractivity contribution in [1.82, 2.24) is 5.43 Å². The van der Waals surface area contributed by atoms with Crippen molar-refractivity contribution >= 4 is 15.9 Å². The van der Waals surface area contributed by atoms with E-state index in [4.69, 9.17) is 15.0 Å². The summed E-state index contributed by atoms with van der Waals surface area (Å²) in [6.07, 6.45) is 5.92. The maximum atomic E-state index is 5.59. The smallest absolute Gasteiger partial charge is 0.136 e. The molecule has 1 saturated carbocycles. The van der Waals surface area contributed by atoms with Crippen molar-refractivity contribution in [1.29, 1.82) is 0 Å². The van der Waals surface area contributed by atoms with E-state index >= 15 is 0 Å². The number of methoxy groups -OCH3 is 1. The minimum absolute atomic E-state index is 0.00961. The molecule has 1 aromatic rings. The van der Waals surface area contributed by atoms with Crippen LogP contribution in [0.4, 0.5) is 0 Å². The van der Waals surface area contributed by atoms with Crippen molar-refractivity contribution in [3.05, 3.63) is 22.6 Å². The average molecular weight is 289 g/mol. The van der Waals surface area contributed by atoms with Gasteiger partial charge in [-0.2, -0.15) is 0 Å². The van der Waals surface area contributed by atoms with Crippen LogP contribution in [-0.4, -0.2) is 12.7 Å². The van der Waals surface area contributed by atoms with E-state index in [1.807, 2.05) is 6.07 Å². The molecule has 2 rings (SSSR count). The third-order valence-electron chi connectivity index (χ3n) is 3.44. The Hall–Kier alpha value is -0.360. The molecule has 4 nitrogen and oxygen atoms in total. The summed E-state index contributed by atoms with van der Waals surface area (Å²) in [7, 11) is 1.77. The van der Waals surface area contributed by atoms with Crippen molar-refractivity contribution in [2.45, 2.75) is 37.3 Å². The average Bonchev–Trinajstić information content (AvgIpc) is 2.65. The van der Waals surface area contributed by atoms with E-state index in [9.17, 15) is 0 Å². The Morgan fingerprint density at radius 2 is 2.44 bits per heavy atom. The van der Waals surface area contributed by atoms with Gasteiger partial charge in [0.05, 0.1) is 22.4 Å². The highest BCUT2D eigenvalue weighted by Crippen LogP contribution is 2.42. The van der Waals surface area contributed by atoms with Gasteiger partial charge in [0.1, 0.15) is 5.76 Å². The molecule has 1 aliphatic carbocycles. The molecule has 0 aliphatic heterocycles. The second-order valence-electron chi connectivity index (χ2n) is 4.30. The first kappa shape index (κ1) is 12.1. The molecular weight excluding hydrogens is 272 g/mol. The van der Waals surface area contributed by atoms with Gasteiger partial charge in [0.25, 0.3) is 0 Å². The van der Waals surface area contributed by atoms with E-state index in [1.54, 1.807) is 13.4 Å². The molecule has 0 aromatic carbocycles. The van der Waals surface area contributed by atoms with Crippen molar-refractivity contribution in [2.24, 2.45) is 5.84 Å². The third-order valence-corrected chi connectivity index (χ3v) is 4.09. The van der Waals surface area contributed by atoms with E-state index in [-0.39, 0.29) is 11.6 Å². The van der Waals surface area contributed by atoms with Gasteiger partial charge in [0.2, 0.25) is 0 Å². The molecule has 1 aromatic heterocycles. The first-order chi connectivity index (χ1) is 7.71. The largest absolute Gasteiger partial charge is 0.466 e. The zero-order valence-electron chi connectivity index (χ0n) is 9.33. The minimum atomic E-state index is -0.0245. The highest BCUT2D eigenvalue weighted by atomic mass is 79.9. The molecule has 16 heavy (non-hydrogen) atoms. The molecule has 1 fully saturated rings. The fraction of sp³-hybridized carbons (Fsp3) is 0.636. The third kappa shape index (κ3) is 2.18. The first-order valence-electron chi connectivity index (χ1n) is 5.45. The van der Waals surface area contributed by atoms with E-state index in [1.165, 1.54) is 6.42 Å². The molecule has 0 saturated heterocycles. The second-order valence-corrected chi connectivity index (χ2v) is 5.15. The Labute approximate surface area is 104 Å². The van der Waals surface area contributed by atoms with E-state index in [0.29, 0.717) is 0 Å². The normalized spacial score (nSPS) is 20.4. The van der Waals surface area contributed by atoms with Gasteiger partial charge >= 0.3 is 0 Å². The monoisotopic (exact) mass is 288 g/mol. The summed E-state index contributed by atoms with van der Waals surface area (Å²) in [6.45, 7) is 0. The van der Waals surface area contributed by atoms with Crippen LogP contribution in [0.3, 0.4) is 0 Å². The van der Waals surface area contributed by atoms with Crippen LogP contribution in [0, 0.1) is 0 Å². The number of rotatable bonds is 5. The predicted molar refractivity (Wildman–Crippen MR) is 64.7 cm³/mol. The van der Waals surface area contributed by atoms with Gasteiger partial charge in [-0.05, 0) is 41.3 Å². The van der Waals surface area contributed by atoms with E-state index in [0.717, 1.165) is 29.5 Å². The molecule has 5 heteroatoms. The van der Waals surface area contributed by atoms with Gasteiger partial charge in [-0.15, -0.1) is 0 Å². The molecule has 1 heterocycles. The number of hydrogen-bond acceptors (Lipinski definition) is 4. The van der Waals surface area contributed by atoms with Crippen LogP contribution in [0.15, 0.2) is 21.2 Å². The standard InChI is InChI=1S/C11H17BrN2O2/c1-15-11(4-2-5-11)7-9(14-13)10-8(12)3-6-16-10/h3,6,9,14H,2,4-5,7,13H2,1H3. The quantitative estimate of drug-likeness (QED) is 0.646. The zero-order valence-corrected chi connectivity index (χ0v) is 10.9. The van der Waals surface area contributed by atoms with Crippen LogP contribution in [0.5, 0.6) is 0 Å². The number of halogens is 1. The van der Waals surface area contributed by atoms with Gasteiger partial charge in [0, 0.05) is 13.5 Å². The van der Waals surface area contributed by atoms with Crippen LogP contribution < -0.4 is 11.3 Å².